The lowest BCUT2D eigenvalue weighted by molar-refractivity contribution is -0.139. The van der Waals surface area contributed by atoms with E-state index in [0.717, 1.165) is 12.5 Å². The highest BCUT2D eigenvalue weighted by molar-refractivity contribution is 7.71. The predicted molar refractivity (Wildman–Crippen MR) is 96.0 cm³/mol. The van der Waals surface area contributed by atoms with Crippen molar-refractivity contribution in [1.82, 2.24) is 20.1 Å². The molecule has 0 aliphatic carbocycles. The quantitative estimate of drug-likeness (QED) is 0.663. The normalized spacial score (nSPS) is 12.6. The summed E-state index contributed by atoms with van der Waals surface area (Å²) in [6.07, 6.45) is -2.98. The molecule has 0 aliphatic heterocycles. The number of rotatable bonds is 8. The van der Waals surface area contributed by atoms with E-state index in [1.165, 1.54) is 18.2 Å². The third kappa shape index (κ3) is 5.81. The van der Waals surface area contributed by atoms with Gasteiger partial charge in [0.2, 0.25) is 5.91 Å². The van der Waals surface area contributed by atoms with Gasteiger partial charge in [0.15, 0.2) is 4.77 Å². The lowest BCUT2D eigenvalue weighted by Gasteiger charge is -2.18. The first-order chi connectivity index (χ1) is 12.7. The maximum absolute atomic E-state index is 13.0. The number of benzene rings is 1. The number of nitrogens with one attached hydrogen (secondary N) is 2. The van der Waals surface area contributed by atoms with Crippen LogP contribution in [0.5, 0.6) is 5.75 Å². The first kappa shape index (κ1) is 20.9. The summed E-state index contributed by atoms with van der Waals surface area (Å²) >= 11 is 5.12. The Hall–Kier alpha value is -2.36. The number of halogens is 3. The van der Waals surface area contributed by atoms with E-state index in [-0.39, 0.29) is 24.8 Å². The zero-order valence-electron chi connectivity index (χ0n) is 15.0. The van der Waals surface area contributed by atoms with Gasteiger partial charge in [-0.2, -0.15) is 18.3 Å². The summed E-state index contributed by atoms with van der Waals surface area (Å²) in [5.41, 5.74) is -0.850. The van der Waals surface area contributed by atoms with Gasteiger partial charge in [-0.3, -0.25) is 14.5 Å². The summed E-state index contributed by atoms with van der Waals surface area (Å²) in [5.74, 6) is 0.0825. The van der Waals surface area contributed by atoms with Gasteiger partial charge < -0.3 is 10.1 Å². The maximum atomic E-state index is 13.0. The van der Waals surface area contributed by atoms with Crippen molar-refractivity contribution in [3.05, 3.63) is 40.4 Å². The Morgan fingerprint density at radius 3 is 2.78 bits per heavy atom. The average Bonchev–Trinajstić information content (AvgIpc) is 2.93. The molecule has 2 rings (SSSR count). The largest absolute Gasteiger partial charge is 0.491 e. The molecule has 1 aromatic heterocycles. The minimum atomic E-state index is -4.50. The van der Waals surface area contributed by atoms with Crippen molar-refractivity contribution in [2.24, 2.45) is 0 Å². The molecular formula is C17H21F3N4O2S. The number of amides is 1. The summed E-state index contributed by atoms with van der Waals surface area (Å²) in [7, 11) is 0. The van der Waals surface area contributed by atoms with Crippen LogP contribution in [-0.2, 0) is 23.9 Å². The van der Waals surface area contributed by atoms with Gasteiger partial charge in [-0.1, -0.05) is 19.1 Å². The highest BCUT2D eigenvalue weighted by atomic mass is 32.1. The van der Waals surface area contributed by atoms with Crippen LogP contribution in [0.3, 0.4) is 0 Å². The molecule has 0 aliphatic rings. The van der Waals surface area contributed by atoms with Crippen LogP contribution < -0.4 is 10.1 Å². The zero-order valence-corrected chi connectivity index (χ0v) is 15.8. The van der Waals surface area contributed by atoms with Crippen molar-refractivity contribution in [2.45, 2.75) is 45.5 Å². The molecule has 2 aromatic rings. The second kappa shape index (κ2) is 9.03. The lowest BCUT2D eigenvalue weighted by atomic mass is 10.2. The van der Waals surface area contributed by atoms with Gasteiger partial charge in [-0.05, 0) is 37.7 Å². The Morgan fingerprint density at radius 1 is 1.41 bits per heavy atom. The van der Waals surface area contributed by atoms with Crippen LogP contribution in [0.1, 0.15) is 31.7 Å². The van der Waals surface area contributed by atoms with Crippen molar-refractivity contribution >= 4 is 18.1 Å². The Kier molecular flexibility index (Phi) is 7.00. The molecule has 0 fully saturated rings. The lowest BCUT2D eigenvalue weighted by Crippen LogP contribution is -2.39. The topological polar surface area (TPSA) is 71.9 Å². The van der Waals surface area contributed by atoms with Crippen LogP contribution in [0.4, 0.5) is 13.2 Å². The minimum Gasteiger partial charge on any atom is -0.491 e. The average molecular weight is 402 g/mol. The van der Waals surface area contributed by atoms with Crippen molar-refractivity contribution in [2.75, 3.05) is 6.61 Å². The van der Waals surface area contributed by atoms with Gasteiger partial charge in [0.05, 0.1) is 11.6 Å². The number of ether oxygens (including phenoxy) is 1. The number of H-pyrrole nitrogens is 1. The highest BCUT2D eigenvalue weighted by Gasteiger charge is 2.34. The molecule has 1 aromatic carbocycles. The molecule has 10 heteroatoms. The molecule has 0 bridgehead atoms. The monoisotopic (exact) mass is 402 g/mol. The molecule has 6 nitrogen and oxygen atoms in total. The number of carbonyl (C=O) groups excluding carboxylic acids is 1. The summed E-state index contributed by atoms with van der Waals surface area (Å²) in [5, 5.41) is 9.42. The van der Waals surface area contributed by atoms with Gasteiger partial charge in [0, 0.05) is 6.42 Å². The number of aromatic amines is 1. The van der Waals surface area contributed by atoms with Crippen molar-refractivity contribution in [3.8, 4) is 5.75 Å². The molecule has 0 saturated carbocycles. The van der Waals surface area contributed by atoms with E-state index >= 15 is 0 Å². The number of alkyl halides is 3. The molecule has 148 valence electrons. The molecule has 0 radical (unpaired) electrons. The number of nitrogens with zero attached hydrogens (tertiary/aromatic N) is 2. The zero-order chi connectivity index (χ0) is 20.0. The van der Waals surface area contributed by atoms with Gasteiger partial charge >= 0.3 is 6.18 Å². The van der Waals surface area contributed by atoms with Crippen molar-refractivity contribution in [3.63, 3.8) is 0 Å². The van der Waals surface area contributed by atoms with Gasteiger partial charge in [0.1, 0.15) is 24.7 Å². The second-order valence-electron chi connectivity index (χ2n) is 6.05. The Labute approximate surface area is 159 Å². The third-order valence-electron chi connectivity index (χ3n) is 3.70. The number of hydrogen-bond acceptors (Lipinski definition) is 4. The third-order valence-corrected chi connectivity index (χ3v) is 4.01. The first-order valence-corrected chi connectivity index (χ1v) is 8.85. The molecule has 0 spiro atoms. The van der Waals surface area contributed by atoms with Crippen LogP contribution in [0.15, 0.2) is 24.3 Å². The molecule has 2 N–H and O–H groups in total. The van der Waals surface area contributed by atoms with E-state index in [2.05, 4.69) is 15.5 Å². The first-order valence-electron chi connectivity index (χ1n) is 8.44. The summed E-state index contributed by atoms with van der Waals surface area (Å²) < 4.78 is 46.1. The SMILES string of the molecule is CCCc1n[nH]c(=S)n1CC(=O)NC(C)COc1ccccc1C(F)(F)F. The number of hydrogen-bond donors (Lipinski definition) is 2. The summed E-state index contributed by atoms with van der Waals surface area (Å²) in [4.78, 5) is 12.2. The fourth-order valence-electron chi connectivity index (χ4n) is 2.48. The van der Waals surface area contributed by atoms with E-state index in [9.17, 15) is 18.0 Å². The van der Waals surface area contributed by atoms with E-state index < -0.39 is 17.8 Å². The van der Waals surface area contributed by atoms with Gasteiger partial charge in [-0.15, -0.1) is 0 Å². The van der Waals surface area contributed by atoms with E-state index in [1.807, 2.05) is 6.92 Å². The van der Waals surface area contributed by atoms with E-state index in [0.29, 0.717) is 17.0 Å². The fraction of sp³-hybridized carbons (Fsp3) is 0.471. The molecule has 1 heterocycles. The van der Waals surface area contributed by atoms with Crippen LogP contribution >= 0.6 is 12.2 Å². The molecular weight excluding hydrogens is 381 g/mol. The molecule has 1 unspecified atom stereocenters. The standard InChI is InChI=1S/C17H21F3N4O2S/c1-3-6-14-22-23-16(27)24(14)9-15(25)21-11(2)10-26-13-8-5-4-7-12(13)17(18,19)20/h4-5,7-8,11H,3,6,9-10H2,1-2H3,(H,21,25)(H,23,27). The van der Waals surface area contributed by atoms with Crippen LogP contribution in [0.25, 0.3) is 0 Å². The Balaban J connectivity index is 1.93. The number of aromatic nitrogens is 3. The molecule has 27 heavy (non-hydrogen) atoms. The molecule has 1 atom stereocenters. The van der Waals surface area contributed by atoms with Crippen molar-refractivity contribution in [1.29, 1.82) is 0 Å². The second-order valence-corrected chi connectivity index (χ2v) is 6.44. The van der Waals surface area contributed by atoms with Crippen molar-refractivity contribution < 1.29 is 22.7 Å². The van der Waals surface area contributed by atoms with E-state index in [4.69, 9.17) is 17.0 Å². The van der Waals surface area contributed by atoms with Gasteiger partial charge in [0.25, 0.3) is 0 Å². The smallest absolute Gasteiger partial charge is 0.419 e. The Bertz CT molecular complexity index is 832. The van der Waals surface area contributed by atoms with Crippen LogP contribution in [0.2, 0.25) is 0 Å². The highest BCUT2D eigenvalue weighted by Crippen LogP contribution is 2.35. The molecule has 0 saturated heterocycles. The number of aryl methyl sites for hydroxylation is 1. The summed E-state index contributed by atoms with van der Waals surface area (Å²) in [6.45, 7) is 3.52. The number of carbonyl (C=O) groups is 1. The van der Waals surface area contributed by atoms with Gasteiger partial charge in [-0.25, -0.2) is 0 Å². The Morgan fingerprint density at radius 2 is 2.11 bits per heavy atom. The fourth-order valence-corrected chi connectivity index (χ4v) is 2.69. The molecule has 1 amide bonds. The number of para-hydroxylation sites is 1. The maximum Gasteiger partial charge on any atom is 0.419 e. The van der Waals surface area contributed by atoms with E-state index in [1.54, 1.807) is 11.5 Å². The summed E-state index contributed by atoms with van der Waals surface area (Å²) in [6, 6.07) is 4.47. The minimum absolute atomic E-state index is 0.0197. The van der Waals surface area contributed by atoms with Crippen LogP contribution in [0, 0.1) is 4.77 Å². The predicted octanol–water partition coefficient (Wildman–Crippen LogP) is 3.50. The van der Waals surface area contributed by atoms with Crippen LogP contribution in [-0.4, -0.2) is 33.3 Å².